The molecule has 0 atom stereocenters. The molecule has 0 aliphatic heterocycles. The number of hydrazine groups is 1. The molecule has 0 saturated heterocycles. The Labute approximate surface area is 207 Å². The van der Waals surface area contributed by atoms with Crippen LogP contribution in [-0.2, 0) is 22.5 Å². The molecule has 0 aliphatic rings. The van der Waals surface area contributed by atoms with E-state index in [1.54, 1.807) is 11.0 Å². The minimum Gasteiger partial charge on any atom is -0.444 e. The van der Waals surface area contributed by atoms with Crippen LogP contribution in [0.3, 0.4) is 0 Å². The zero-order valence-corrected chi connectivity index (χ0v) is 21.1. The molecule has 0 spiro atoms. The van der Waals surface area contributed by atoms with Crippen molar-refractivity contribution >= 4 is 29.0 Å². The number of aromatic amines is 1. The van der Waals surface area contributed by atoms with Gasteiger partial charge in [0.2, 0.25) is 0 Å². The maximum absolute atomic E-state index is 13.0. The number of hydrogen-bond donors (Lipinski definition) is 3. The summed E-state index contributed by atoms with van der Waals surface area (Å²) in [6, 6.07) is 16.0. The number of benzene rings is 2. The van der Waals surface area contributed by atoms with Crippen molar-refractivity contribution < 1.29 is 14.3 Å². The van der Waals surface area contributed by atoms with Crippen LogP contribution in [0.1, 0.15) is 50.8 Å². The highest BCUT2D eigenvalue weighted by atomic mass is 16.6. The van der Waals surface area contributed by atoms with Crippen molar-refractivity contribution in [3.8, 4) is 0 Å². The minimum atomic E-state index is -0.572. The van der Waals surface area contributed by atoms with Crippen LogP contribution >= 0.6 is 0 Å². The molecule has 2 aromatic carbocycles. The standard InChI is InChI=1S/C28H36N4O3/c1-5-17-30-31-26(33)15-14-21-10-12-22(13-11-21)20-32(27(34)35-28(2,3)4)18-16-23-19-29-25-9-7-6-8-24(23)25/h6-15,19,29-30H,5,16-18,20H2,1-4H3,(H,31,33)/b15-14+. The average Bonchev–Trinajstić information content (AvgIpc) is 3.23. The minimum absolute atomic E-state index is 0.198. The third-order valence-electron chi connectivity index (χ3n) is 5.34. The lowest BCUT2D eigenvalue weighted by molar-refractivity contribution is -0.117. The van der Waals surface area contributed by atoms with E-state index in [9.17, 15) is 9.59 Å². The molecule has 7 heteroatoms. The van der Waals surface area contributed by atoms with E-state index in [2.05, 4.69) is 21.9 Å². The number of fused-ring (bicyclic) bond motifs is 1. The third-order valence-corrected chi connectivity index (χ3v) is 5.34. The maximum atomic E-state index is 13.0. The number of para-hydroxylation sites is 1. The summed E-state index contributed by atoms with van der Waals surface area (Å²) in [4.78, 5) is 29.8. The summed E-state index contributed by atoms with van der Waals surface area (Å²) in [5.41, 5.74) is 9.06. The van der Waals surface area contributed by atoms with Gasteiger partial charge in [-0.05, 0) is 62.4 Å². The van der Waals surface area contributed by atoms with E-state index < -0.39 is 5.60 Å². The first-order valence-electron chi connectivity index (χ1n) is 12.1. The predicted octanol–water partition coefficient (Wildman–Crippen LogP) is 5.19. The lowest BCUT2D eigenvalue weighted by Crippen LogP contribution is -2.37. The number of H-pyrrole nitrogens is 1. The summed E-state index contributed by atoms with van der Waals surface area (Å²) in [6.45, 7) is 9.34. The number of nitrogens with zero attached hydrogens (tertiary/aromatic N) is 1. The number of rotatable bonds is 10. The molecule has 0 radical (unpaired) electrons. The van der Waals surface area contributed by atoms with Crippen molar-refractivity contribution in [2.24, 2.45) is 0 Å². The summed E-state index contributed by atoms with van der Waals surface area (Å²) < 4.78 is 5.68. The molecule has 0 fully saturated rings. The monoisotopic (exact) mass is 476 g/mol. The Bertz CT molecular complexity index is 1140. The second kappa shape index (κ2) is 12.2. The summed E-state index contributed by atoms with van der Waals surface area (Å²) in [7, 11) is 0. The topological polar surface area (TPSA) is 86.5 Å². The average molecular weight is 477 g/mol. The van der Waals surface area contributed by atoms with Gasteiger partial charge in [0.05, 0.1) is 0 Å². The Hall–Kier alpha value is -3.58. The summed E-state index contributed by atoms with van der Waals surface area (Å²) in [5, 5.41) is 1.17. The quantitative estimate of drug-likeness (QED) is 0.213. The molecule has 2 amide bonds. The molecular formula is C28H36N4O3. The number of ether oxygens (including phenoxy) is 1. The zero-order valence-electron chi connectivity index (χ0n) is 21.1. The molecule has 3 N–H and O–H groups in total. The first kappa shape index (κ1) is 26.0. The lowest BCUT2D eigenvalue weighted by atomic mass is 10.1. The number of hydrogen-bond acceptors (Lipinski definition) is 4. The van der Waals surface area contributed by atoms with Crippen LogP contribution in [0.15, 0.2) is 60.8 Å². The normalized spacial score (nSPS) is 11.7. The smallest absolute Gasteiger partial charge is 0.410 e. The zero-order chi connectivity index (χ0) is 25.3. The third kappa shape index (κ3) is 8.30. The number of carbonyl (C=O) groups is 2. The van der Waals surface area contributed by atoms with Gasteiger partial charge in [-0.1, -0.05) is 49.4 Å². The van der Waals surface area contributed by atoms with Crippen molar-refractivity contribution in [3.05, 3.63) is 77.5 Å². The van der Waals surface area contributed by atoms with Crippen LogP contribution < -0.4 is 10.9 Å². The SMILES string of the molecule is CCCNNC(=O)/C=C/c1ccc(CN(CCc2c[nH]c3ccccc23)C(=O)OC(C)(C)C)cc1. The molecule has 0 aliphatic carbocycles. The molecule has 0 unspecified atom stereocenters. The summed E-state index contributed by atoms with van der Waals surface area (Å²) >= 11 is 0. The van der Waals surface area contributed by atoms with Gasteiger partial charge >= 0.3 is 6.09 Å². The fourth-order valence-electron chi connectivity index (χ4n) is 3.60. The fourth-order valence-corrected chi connectivity index (χ4v) is 3.60. The van der Waals surface area contributed by atoms with Gasteiger partial charge in [-0.15, -0.1) is 0 Å². The Morgan fingerprint density at radius 2 is 1.83 bits per heavy atom. The summed E-state index contributed by atoms with van der Waals surface area (Å²) in [6.07, 6.45) is 6.57. The first-order chi connectivity index (χ1) is 16.7. The highest BCUT2D eigenvalue weighted by molar-refractivity contribution is 5.91. The van der Waals surface area contributed by atoms with E-state index in [1.165, 1.54) is 17.0 Å². The Morgan fingerprint density at radius 1 is 1.09 bits per heavy atom. The van der Waals surface area contributed by atoms with Crippen molar-refractivity contribution in [3.63, 3.8) is 0 Å². The van der Waals surface area contributed by atoms with Gasteiger partial charge in [-0.25, -0.2) is 10.2 Å². The molecule has 0 bridgehead atoms. The largest absolute Gasteiger partial charge is 0.444 e. The van der Waals surface area contributed by atoms with E-state index in [4.69, 9.17) is 4.74 Å². The molecule has 3 aromatic rings. The highest BCUT2D eigenvalue weighted by Gasteiger charge is 2.22. The van der Waals surface area contributed by atoms with Crippen LogP contribution in [0, 0.1) is 0 Å². The Balaban J connectivity index is 1.66. The molecule has 186 valence electrons. The number of carbonyl (C=O) groups excluding carboxylic acids is 2. The van der Waals surface area contributed by atoms with Crippen molar-refractivity contribution in [1.82, 2.24) is 20.7 Å². The number of nitrogens with one attached hydrogen (secondary N) is 3. The second-order valence-electron chi connectivity index (χ2n) is 9.50. The Kier molecular flexibility index (Phi) is 9.09. The van der Waals surface area contributed by atoms with Gasteiger partial charge in [0, 0.05) is 42.8 Å². The molecule has 7 nitrogen and oxygen atoms in total. The van der Waals surface area contributed by atoms with Crippen LogP contribution in [0.5, 0.6) is 0 Å². The molecule has 1 aromatic heterocycles. The molecular weight excluding hydrogens is 440 g/mol. The van der Waals surface area contributed by atoms with E-state index >= 15 is 0 Å². The van der Waals surface area contributed by atoms with Crippen LogP contribution in [0.2, 0.25) is 0 Å². The van der Waals surface area contributed by atoms with E-state index in [0.717, 1.165) is 29.6 Å². The van der Waals surface area contributed by atoms with E-state index in [-0.39, 0.29) is 12.0 Å². The van der Waals surface area contributed by atoms with Gasteiger partial charge in [0.15, 0.2) is 0 Å². The molecule has 3 rings (SSSR count). The molecule has 35 heavy (non-hydrogen) atoms. The number of amides is 2. The predicted molar refractivity (Wildman–Crippen MR) is 141 cm³/mol. The lowest BCUT2D eigenvalue weighted by Gasteiger charge is -2.27. The highest BCUT2D eigenvalue weighted by Crippen LogP contribution is 2.20. The Morgan fingerprint density at radius 3 is 2.54 bits per heavy atom. The van der Waals surface area contributed by atoms with Crippen LogP contribution in [0.4, 0.5) is 4.79 Å². The number of aromatic nitrogens is 1. The van der Waals surface area contributed by atoms with E-state index in [1.807, 2.05) is 76.4 Å². The second-order valence-corrected chi connectivity index (χ2v) is 9.50. The fraction of sp³-hybridized carbons (Fsp3) is 0.357. The first-order valence-corrected chi connectivity index (χ1v) is 12.1. The van der Waals surface area contributed by atoms with Gasteiger partial charge in [-0.3, -0.25) is 10.2 Å². The molecule has 1 heterocycles. The van der Waals surface area contributed by atoms with Crippen LogP contribution in [-0.4, -0.2) is 40.6 Å². The van der Waals surface area contributed by atoms with Crippen LogP contribution in [0.25, 0.3) is 17.0 Å². The van der Waals surface area contributed by atoms with Gasteiger partial charge < -0.3 is 14.6 Å². The maximum Gasteiger partial charge on any atom is 0.410 e. The van der Waals surface area contributed by atoms with Crippen molar-refractivity contribution in [2.75, 3.05) is 13.1 Å². The van der Waals surface area contributed by atoms with Crippen molar-refractivity contribution in [1.29, 1.82) is 0 Å². The van der Waals surface area contributed by atoms with E-state index in [0.29, 0.717) is 19.5 Å². The summed E-state index contributed by atoms with van der Waals surface area (Å²) in [5.74, 6) is -0.198. The van der Waals surface area contributed by atoms with Crippen molar-refractivity contribution in [2.45, 2.75) is 52.7 Å². The van der Waals surface area contributed by atoms with Gasteiger partial charge in [0.25, 0.3) is 5.91 Å². The van der Waals surface area contributed by atoms with Gasteiger partial charge in [-0.2, -0.15) is 0 Å². The van der Waals surface area contributed by atoms with Gasteiger partial charge in [0.1, 0.15) is 5.60 Å². The molecule has 0 saturated carbocycles.